The molecule has 1 aliphatic heterocycles. The second kappa shape index (κ2) is 4.43. The Morgan fingerprint density at radius 3 is 2.14 bits per heavy atom. The van der Waals surface area contributed by atoms with Crippen LogP contribution in [0, 0.1) is 11.8 Å². The van der Waals surface area contributed by atoms with Gasteiger partial charge in [-0.15, -0.1) is 0 Å². The fourth-order valence-corrected chi connectivity index (χ4v) is 4.11. The molecule has 2 aliphatic rings. The lowest BCUT2D eigenvalue weighted by Gasteiger charge is -2.53. The fraction of sp³-hybridized carbons (Fsp3) is 0.556. The standard InChI is InChI=1S/C18H25N3/c1-12-13(2)15(4)18(6)17(5,14(12)3)19-20-21(18)16-10-8-7-9-11-16/h7-11,14-15H,1-6H3/t14-,15-,17-,18-/m1/s1. The molecule has 3 rings (SSSR count). The Kier molecular flexibility index (Phi) is 3.01. The Balaban J connectivity index is 2.17. The topological polar surface area (TPSA) is 28.0 Å². The molecule has 0 unspecified atom stereocenters. The monoisotopic (exact) mass is 283 g/mol. The highest BCUT2D eigenvalue weighted by atomic mass is 15.6. The predicted octanol–water partition coefficient (Wildman–Crippen LogP) is 5.01. The molecule has 1 aliphatic carbocycles. The van der Waals surface area contributed by atoms with Gasteiger partial charge in [-0.2, -0.15) is 5.11 Å². The van der Waals surface area contributed by atoms with Crippen molar-refractivity contribution in [2.24, 2.45) is 22.2 Å². The van der Waals surface area contributed by atoms with Crippen molar-refractivity contribution in [2.45, 2.75) is 52.6 Å². The quantitative estimate of drug-likeness (QED) is 0.665. The molecule has 0 saturated carbocycles. The molecular weight excluding hydrogens is 258 g/mol. The van der Waals surface area contributed by atoms with E-state index in [1.165, 1.54) is 11.1 Å². The molecule has 112 valence electrons. The van der Waals surface area contributed by atoms with Crippen LogP contribution in [0.4, 0.5) is 5.69 Å². The summed E-state index contributed by atoms with van der Waals surface area (Å²) in [7, 11) is 0. The first-order valence-electron chi connectivity index (χ1n) is 7.79. The van der Waals surface area contributed by atoms with Gasteiger partial charge in [-0.25, -0.2) is 5.01 Å². The molecule has 21 heavy (non-hydrogen) atoms. The van der Waals surface area contributed by atoms with Crippen molar-refractivity contribution >= 4 is 5.69 Å². The first-order valence-corrected chi connectivity index (χ1v) is 7.79. The molecule has 0 bridgehead atoms. The Morgan fingerprint density at radius 1 is 0.952 bits per heavy atom. The average molecular weight is 283 g/mol. The zero-order chi connectivity index (χ0) is 15.4. The summed E-state index contributed by atoms with van der Waals surface area (Å²) in [5.41, 5.74) is 3.76. The molecule has 3 nitrogen and oxygen atoms in total. The highest BCUT2D eigenvalue weighted by Gasteiger charge is 2.62. The minimum atomic E-state index is -0.189. The second-order valence-corrected chi connectivity index (χ2v) is 6.94. The summed E-state index contributed by atoms with van der Waals surface area (Å²) in [4.78, 5) is 0. The van der Waals surface area contributed by atoms with Gasteiger partial charge in [0.1, 0.15) is 5.54 Å². The number of fused-ring (bicyclic) bond motifs is 1. The summed E-state index contributed by atoms with van der Waals surface area (Å²) < 4.78 is 0. The molecule has 1 heterocycles. The van der Waals surface area contributed by atoms with Crippen LogP contribution >= 0.6 is 0 Å². The molecule has 4 atom stereocenters. The number of hydrogen-bond donors (Lipinski definition) is 0. The zero-order valence-electron chi connectivity index (χ0n) is 13.9. The highest BCUT2D eigenvalue weighted by molar-refractivity contribution is 5.53. The molecule has 0 radical (unpaired) electrons. The molecule has 0 N–H and O–H groups in total. The van der Waals surface area contributed by atoms with Crippen molar-refractivity contribution in [3.8, 4) is 0 Å². The van der Waals surface area contributed by atoms with Crippen LogP contribution in [0.3, 0.4) is 0 Å². The van der Waals surface area contributed by atoms with Gasteiger partial charge in [-0.3, -0.25) is 0 Å². The van der Waals surface area contributed by atoms with Gasteiger partial charge in [0.05, 0.1) is 11.2 Å². The largest absolute Gasteiger partial charge is 0.238 e. The van der Waals surface area contributed by atoms with Crippen molar-refractivity contribution in [1.82, 2.24) is 0 Å². The third-order valence-corrected chi connectivity index (χ3v) is 6.41. The predicted molar refractivity (Wildman–Crippen MR) is 87.3 cm³/mol. The maximum absolute atomic E-state index is 4.75. The van der Waals surface area contributed by atoms with E-state index >= 15 is 0 Å². The van der Waals surface area contributed by atoms with Crippen molar-refractivity contribution in [3.05, 3.63) is 41.5 Å². The van der Waals surface area contributed by atoms with Crippen LogP contribution in [0.15, 0.2) is 51.8 Å². The van der Waals surface area contributed by atoms with Gasteiger partial charge in [0.2, 0.25) is 0 Å². The van der Waals surface area contributed by atoms with Gasteiger partial charge in [-0.1, -0.05) is 48.4 Å². The Hall–Kier alpha value is -1.64. The Morgan fingerprint density at radius 2 is 1.52 bits per heavy atom. The van der Waals surface area contributed by atoms with Crippen LogP contribution in [0.1, 0.15) is 41.5 Å². The number of rotatable bonds is 1. The summed E-state index contributed by atoms with van der Waals surface area (Å²) in [6, 6.07) is 10.4. The average Bonchev–Trinajstić information content (AvgIpc) is 2.78. The van der Waals surface area contributed by atoms with Crippen LogP contribution in [-0.2, 0) is 0 Å². The van der Waals surface area contributed by atoms with Crippen LogP contribution in [0.25, 0.3) is 0 Å². The lowest BCUT2D eigenvalue weighted by atomic mass is 9.57. The highest BCUT2D eigenvalue weighted by Crippen LogP contribution is 2.56. The van der Waals surface area contributed by atoms with Gasteiger partial charge >= 0.3 is 0 Å². The second-order valence-electron chi connectivity index (χ2n) is 6.94. The molecule has 3 heteroatoms. The molecule has 0 spiro atoms. The molecule has 0 saturated heterocycles. The molecule has 1 aromatic rings. The van der Waals surface area contributed by atoms with E-state index in [1.807, 2.05) is 6.07 Å². The van der Waals surface area contributed by atoms with E-state index in [0.29, 0.717) is 11.8 Å². The van der Waals surface area contributed by atoms with Gasteiger partial charge in [0, 0.05) is 11.8 Å². The number of benzene rings is 1. The summed E-state index contributed by atoms with van der Waals surface area (Å²) in [5, 5.41) is 11.5. The third kappa shape index (κ3) is 1.60. The van der Waals surface area contributed by atoms with E-state index in [9.17, 15) is 0 Å². The van der Waals surface area contributed by atoms with Crippen molar-refractivity contribution in [3.63, 3.8) is 0 Å². The SMILES string of the molecule is CC1=C(C)[C@@H](C)[C@@]2(C)N=NN(c3ccccc3)[C@]2(C)[C@@H]1C. The number of nitrogens with zero attached hydrogens (tertiary/aromatic N) is 3. The zero-order valence-corrected chi connectivity index (χ0v) is 13.9. The summed E-state index contributed by atoms with van der Waals surface area (Å²) >= 11 is 0. The number of anilines is 1. The van der Waals surface area contributed by atoms with Gasteiger partial charge < -0.3 is 0 Å². The first kappa shape index (κ1) is 14.3. The van der Waals surface area contributed by atoms with Crippen LogP contribution in [-0.4, -0.2) is 11.1 Å². The van der Waals surface area contributed by atoms with E-state index in [0.717, 1.165) is 5.69 Å². The minimum absolute atomic E-state index is 0.128. The van der Waals surface area contributed by atoms with Crippen LogP contribution in [0.5, 0.6) is 0 Å². The molecule has 0 amide bonds. The fourth-order valence-electron chi connectivity index (χ4n) is 4.11. The van der Waals surface area contributed by atoms with Crippen LogP contribution in [0.2, 0.25) is 0 Å². The number of hydrogen-bond acceptors (Lipinski definition) is 3. The molecule has 1 aromatic carbocycles. The molecule has 0 fully saturated rings. The van der Waals surface area contributed by atoms with Crippen molar-refractivity contribution < 1.29 is 0 Å². The van der Waals surface area contributed by atoms with Gasteiger partial charge in [0.15, 0.2) is 0 Å². The van der Waals surface area contributed by atoms with E-state index in [4.69, 9.17) is 5.11 Å². The summed E-state index contributed by atoms with van der Waals surface area (Å²) in [6.45, 7) is 13.7. The van der Waals surface area contributed by atoms with E-state index in [1.54, 1.807) is 0 Å². The van der Waals surface area contributed by atoms with Gasteiger partial charge in [-0.05, 0) is 39.8 Å². The van der Waals surface area contributed by atoms with E-state index in [2.05, 4.69) is 76.0 Å². The minimum Gasteiger partial charge on any atom is -0.238 e. The smallest absolute Gasteiger partial charge is 0.113 e. The van der Waals surface area contributed by atoms with Crippen LogP contribution < -0.4 is 5.01 Å². The Bertz CT molecular complexity index is 619. The normalized spacial score (nSPS) is 38.9. The van der Waals surface area contributed by atoms with Crippen molar-refractivity contribution in [2.75, 3.05) is 5.01 Å². The van der Waals surface area contributed by atoms with E-state index in [-0.39, 0.29) is 11.1 Å². The third-order valence-electron chi connectivity index (χ3n) is 6.41. The van der Waals surface area contributed by atoms with Crippen molar-refractivity contribution in [1.29, 1.82) is 0 Å². The molecule has 0 aromatic heterocycles. The first-order chi connectivity index (χ1) is 9.84. The molecular formula is C18H25N3. The van der Waals surface area contributed by atoms with Gasteiger partial charge in [0.25, 0.3) is 0 Å². The Labute approximate surface area is 127 Å². The lowest BCUT2D eigenvalue weighted by Crippen LogP contribution is -2.64. The summed E-state index contributed by atoms with van der Waals surface area (Å²) in [6.07, 6.45) is 0. The lowest BCUT2D eigenvalue weighted by molar-refractivity contribution is 0.158. The number of para-hydroxylation sites is 1. The maximum Gasteiger partial charge on any atom is 0.113 e. The summed E-state index contributed by atoms with van der Waals surface area (Å²) in [5.74, 6) is 0.810. The van der Waals surface area contributed by atoms with E-state index < -0.39 is 0 Å². The maximum atomic E-state index is 4.75.